The molecule has 0 saturated carbocycles. The Morgan fingerprint density at radius 3 is 2.05 bits per heavy atom. The van der Waals surface area contributed by atoms with E-state index in [4.69, 9.17) is 15.0 Å². The first-order chi connectivity index (χ1) is 20.8. The number of benzene rings is 6. The number of fused-ring (bicyclic) bond motifs is 7. The number of hydrogen-bond acceptors (Lipinski definition) is 4. The fourth-order valence-electron chi connectivity index (χ4n) is 6.13. The van der Waals surface area contributed by atoms with Gasteiger partial charge in [-0.1, -0.05) is 103 Å². The lowest BCUT2D eigenvalue weighted by Crippen LogP contribution is -2.06. The van der Waals surface area contributed by atoms with Crippen molar-refractivity contribution in [3.8, 4) is 28.7 Å². The quantitative estimate of drug-likeness (QED) is 0.218. The van der Waals surface area contributed by atoms with Crippen LogP contribution in [0.25, 0.3) is 81.5 Å². The third-order valence-corrected chi connectivity index (χ3v) is 9.18. The molecule has 4 nitrogen and oxygen atoms in total. The normalized spacial score (nSPS) is 11.8. The molecule has 3 heterocycles. The molecule has 0 aliphatic carbocycles. The second-order valence-corrected chi connectivity index (χ2v) is 11.6. The maximum atomic E-state index is 5.23. The molecule has 0 bridgehead atoms. The predicted octanol–water partition coefficient (Wildman–Crippen LogP) is 9.82. The highest BCUT2D eigenvalue weighted by Gasteiger charge is 2.20. The minimum absolute atomic E-state index is 0.608. The van der Waals surface area contributed by atoms with Gasteiger partial charge in [0.15, 0.2) is 11.6 Å². The number of rotatable bonds is 3. The summed E-state index contributed by atoms with van der Waals surface area (Å²) < 4.78 is 4.67. The summed E-state index contributed by atoms with van der Waals surface area (Å²) >= 11 is 1.80. The minimum Gasteiger partial charge on any atom is -0.278 e. The van der Waals surface area contributed by atoms with Crippen molar-refractivity contribution in [2.75, 3.05) is 0 Å². The minimum atomic E-state index is 0.608. The predicted molar refractivity (Wildman–Crippen MR) is 175 cm³/mol. The standard InChI is InChI=1S/C37H22N4S/c1-2-11-23(12-3-1)35-38-36(28-17-10-20-33-34(28)27-16-7-9-19-32(27)42-33)40-37(39-35)41-30-18-8-6-15-26(30)29-21-24-13-4-5-14-25(24)22-31(29)41/h1-22H. The van der Waals surface area contributed by atoms with Crippen molar-refractivity contribution in [1.82, 2.24) is 19.5 Å². The molecular formula is C37H22N4S. The molecule has 0 atom stereocenters. The van der Waals surface area contributed by atoms with Gasteiger partial charge >= 0.3 is 0 Å². The van der Waals surface area contributed by atoms with E-state index in [1.807, 2.05) is 18.2 Å². The Morgan fingerprint density at radius 1 is 0.476 bits per heavy atom. The lowest BCUT2D eigenvalue weighted by atomic mass is 10.1. The van der Waals surface area contributed by atoms with Gasteiger partial charge < -0.3 is 0 Å². The van der Waals surface area contributed by atoms with Crippen molar-refractivity contribution in [2.45, 2.75) is 0 Å². The third-order valence-electron chi connectivity index (χ3n) is 8.04. The van der Waals surface area contributed by atoms with E-state index in [9.17, 15) is 0 Å². The zero-order valence-corrected chi connectivity index (χ0v) is 23.2. The van der Waals surface area contributed by atoms with Crippen LogP contribution < -0.4 is 0 Å². The molecule has 6 aromatic carbocycles. The molecular weight excluding hydrogens is 533 g/mol. The van der Waals surface area contributed by atoms with Crippen molar-refractivity contribution in [1.29, 1.82) is 0 Å². The van der Waals surface area contributed by atoms with Crippen molar-refractivity contribution < 1.29 is 0 Å². The van der Waals surface area contributed by atoms with E-state index in [2.05, 4.69) is 120 Å². The molecule has 42 heavy (non-hydrogen) atoms. The Balaban J connectivity index is 1.40. The number of hydrogen-bond donors (Lipinski definition) is 0. The zero-order valence-electron chi connectivity index (χ0n) is 22.4. The molecule has 9 rings (SSSR count). The van der Waals surface area contributed by atoms with E-state index >= 15 is 0 Å². The fraction of sp³-hybridized carbons (Fsp3) is 0. The lowest BCUT2D eigenvalue weighted by molar-refractivity contribution is 0.955. The van der Waals surface area contributed by atoms with Gasteiger partial charge in [-0.3, -0.25) is 4.57 Å². The van der Waals surface area contributed by atoms with Gasteiger partial charge in [-0.15, -0.1) is 11.3 Å². The van der Waals surface area contributed by atoms with E-state index < -0.39 is 0 Å². The van der Waals surface area contributed by atoms with E-state index in [0.29, 0.717) is 17.6 Å². The van der Waals surface area contributed by atoms with Gasteiger partial charge in [0.2, 0.25) is 5.95 Å². The second-order valence-electron chi connectivity index (χ2n) is 10.5. The third kappa shape index (κ3) is 3.51. The molecule has 0 aliphatic heterocycles. The molecule has 0 aliphatic rings. The molecule has 0 radical (unpaired) electrons. The van der Waals surface area contributed by atoms with Gasteiger partial charge in [0.25, 0.3) is 0 Å². The van der Waals surface area contributed by atoms with Crippen LogP contribution in [0.1, 0.15) is 0 Å². The van der Waals surface area contributed by atoms with Gasteiger partial charge in [0, 0.05) is 42.1 Å². The molecule has 196 valence electrons. The first-order valence-electron chi connectivity index (χ1n) is 14.0. The van der Waals surface area contributed by atoms with E-state index in [1.54, 1.807) is 11.3 Å². The van der Waals surface area contributed by atoms with Gasteiger partial charge in [-0.05, 0) is 41.1 Å². The van der Waals surface area contributed by atoms with Gasteiger partial charge in [-0.2, -0.15) is 9.97 Å². The maximum absolute atomic E-state index is 5.23. The lowest BCUT2D eigenvalue weighted by Gasteiger charge is -2.12. The first-order valence-corrected chi connectivity index (χ1v) is 14.8. The molecule has 0 fully saturated rings. The van der Waals surface area contributed by atoms with Gasteiger partial charge in [-0.25, -0.2) is 4.98 Å². The van der Waals surface area contributed by atoms with Crippen molar-refractivity contribution in [3.05, 3.63) is 133 Å². The Hall–Kier alpha value is -5.39. The number of para-hydroxylation sites is 1. The van der Waals surface area contributed by atoms with Crippen LogP contribution in [0, 0.1) is 0 Å². The molecule has 0 amide bonds. The molecule has 0 spiro atoms. The molecule has 0 saturated heterocycles. The topological polar surface area (TPSA) is 43.6 Å². The zero-order chi connectivity index (χ0) is 27.6. The first kappa shape index (κ1) is 23.3. The summed E-state index contributed by atoms with van der Waals surface area (Å²) in [5, 5.41) is 7.15. The summed E-state index contributed by atoms with van der Waals surface area (Å²) in [7, 11) is 0. The van der Waals surface area contributed by atoms with Gasteiger partial charge in [0.05, 0.1) is 11.0 Å². The second kappa shape index (κ2) is 9.06. The summed E-state index contributed by atoms with van der Waals surface area (Å²) in [6.07, 6.45) is 0. The van der Waals surface area contributed by atoms with E-state index in [1.165, 1.54) is 41.7 Å². The average molecular weight is 555 g/mol. The van der Waals surface area contributed by atoms with Crippen LogP contribution in [-0.2, 0) is 0 Å². The highest BCUT2D eigenvalue weighted by molar-refractivity contribution is 7.25. The molecule has 0 N–H and O–H groups in total. The Bertz CT molecular complexity index is 2470. The van der Waals surface area contributed by atoms with Gasteiger partial charge in [0.1, 0.15) is 0 Å². The molecule has 5 heteroatoms. The Labute approximate surface area is 245 Å². The summed E-state index contributed by atoms with van der Waals surface area (Å²) in [6, 6.07) is 46.7. The molecule has 3 aromatic heterocycles. The summed E-state index contributed by atoms with van der Waals surface area (Å²) in [5.41, 5.74) is 4.11. The highest BCUT2D eigenvalue weighted by Crippen LogP contribution is 2.40. The van der Waals surface area contributed by atoms with Crippen LogP contribution in [0.2, 0.25) is 0 Å². The summed E-state index contributed by atoms with van der Waals surface area (Å²) in [4.78, 5) is 15.5. The van der Waals surface area contributed by atoms with Crippen LogP contribution >= 0.6 is 11.3 Å². The van der Waals surface area contributed by atoms with Crippen molar-refractivity contribution in [3.63, 3.8) is 0 Å². The average Bonchev–Trinajstić information content (AvgIpc) is 3.59. The van der Waals surface area contributed by atoms with Crippen molar-refractivity contribution >= 4 is 64.1 Å². The SMILES string of the molecule is c1ccc(-c2nc(-c3cccc4sc5ccccc5c34)nc(-n3c4ccccc4c4cc5ccccc5cc43)n2)cc1. The van der Waals surface area contributed by atoms with Crippen LogP contribution in [-0.4, -0.2) is 19.5 Å². The maximum Gasteiger partial charge on any atom is 0.238 e. The summed E-state index contributed by atoms with van der Waals surface area (Å²) in [6.45, 7) is 0. The van der Waals surface area contributed by atoms with E-state index in [-0.39, 0.29) is 0 Å². The van der Waals surface area contributed by atoms with Crippen LogP contribution in [0.5, 0.6) is 0 Å². The van der Waals surface area contributed by atoms with Crippen LogP contribution in [0.4, 0.5) is 0 Å². The molecule has 0 unspecified atom stereocenters. The monoisotopic (exact) mass is 554 g/mol. The number of nitrogens with zero attached hydrogens (tertiary/aromatic N) is 4. The van der Waals surface area contributed by atoms with Crippen molar-refractivity contribution in [2.24, 2.45) is 0 Å². The highest BCUT2D eigenvalue weighted by atomic mass is 32.1. The smallest absolute Gasteiger partial charge is 0.238 e. The van der Waals surface area contributed by atoms with Crippen LogP contribution in [0.15, 0.2) is 133 Å². The summed E-state index contributed by atoms with van der Waals surface area (Å²) in [5.74, 6) is 1.93. The van der Waals surface area contributed by atoms with Crippen LogP contribution in [0.3, 0.4) is 0 Å². The van der Waals surface area contributed by atoms with E-state index in [0.717, 1.165) is 22.2 Å². The largest absolute Gasteiger partial charge is 0.278 e. The Morgan fingerprint density at radius 2 is 1.17 bits per heavy atom. The number of thiophene rings is 1. The fourth-order valence-corrected chi connectivity index (χ4v) is 7.27. The number of aromatic nitrogens is 4. The molecule has 9 aromatic rings. The Kier molecular flexibility index (Phi) is 5.03.